The third-order valence-corrected chi connectivity index (χ3v) is 4.61. The summed E-state index contributed by atoms with van der Waals surface area (Å²) in [6.45, 7) is 3.16. The highest BCUT2D eigenvalue weighted by atomic mass is 79.9. The monoisotopic (exact) mass is 340 g/mol. The van der Waals surface area contributed by atoms with Gasteiger partial charge in [-0.25, -0.2) is 0 Å². The molecule has 1 aromatic carbocycles. The Bertz CT molecular complexity index is 525. The molecular formula is C14H17BrN2O3. The fraction of sp³-hybridized carbons (Fsp3) is 0.500. The van der Waals surface area contributed by atoms with E-state index in [0.717, 1.165) is 23.7 Å². The molecule has 108 valence electrons. The Labute approximate surface area is 126 Å². The van der Waals surface area contributed by atoms with Crippen LogP contribution in [0.3, 0.4) is 0 Å². The van der Waals surface area contributed by atoms with Crippen molar-refractivity contribution in [3.63, 3.8) is 0 Å². The van der Waals surface area contributed by atoms with Crippen molar-refractivity contribution in [2.45, 2.75) is 19.8 Å². The van der Waals surface area contributed by atoms with Gasteiger partial charge >= 0.3 is 0 Å². The molecule has 1 aliphatic rings. The largest absolute Gasteiger partial charge is 0.338 e. The summed E-state index contributed by atoms with van der Waals surface area (Å²) in [7, 11) is 0. The second-order valence-corrected chi connectivity index (χ2v) is 5.82. The number of rotatable bonds is 3. The van der Waals surface area contributed by atoms with Crippen LogP contribution < -0.4 is 0 Å². The van der Waals surface area contributed by atoms with Gasteiger partial charge in [-0.3, -0.25) is 14.9 Å². The van der Waals surface area contributed by atoms with E-state index in [1.165, 1.54) is 6.07 Å². The fourth-order valence-electron chi connectivity index (χ4n) is 2.44. The van der Waals surface area contributed by atoms with Crippen LogP contribution in [0.25, 0.3) is 0 Å². The number of nitrogens with zero attached hydrogens (tertiary/aromatic N) is 2. The van der Waals surface area contributed by atoms with Gasteiger partial charge in [-0.15, -0.1) is 0 Å². The molecule has 0 atom stereocenters. The molecule has 0 aliphatic carbocycles. The van der Waals surface area contributed by atoms with E-state index >= 15 is 0 Å². The highest BCUT2D eigenvalue weighted by molar-refractivity contribution is 9.09. The number of piperidine rings is 1. The van der Waals surface area contributed by atoms with E-state index in [-0.39, 0.29) is 17.2 Å². The third-order valence-electron chi connectivity index (χ3n) is 3.70. The molecule has 0 aromatic heterocycles. The Hall–Kier alpha value is -1.43. The first-order valence-corrected chi connectivity index (χ1v) is 7.75. The van der Waals surface area contributed by atoms with Gasteiger partial charge in [-0.05, 0) is 37.3 Å². The number of amides is 1. The normalized spacial score (nSPS) is 16.2. The highest BCUT2D eigenvalue weighted by Crippen LogP contribution is 2.25. The predicted octanol–water partition coefficient (Wildman–Crippen LogP) is 3.15. The smallest absolute Gasteiger partial charge is 0.282 e. The van der Waals surface area contributed by atoms with E-state index in [4.69, 9.17) is 0 Å². The number of aryl methyl sites for hydroxylation is 1. The molecule has 0 unspecified atom stereocenters. The third kappa shape index (κ3) is 3.17. The van der Waals surface area contributed by atoms with E-state index < -0.39 is 4.92 Å². The topological polar surface area (TPSA) is 63.5 Å². The minimum atomic E-state index is -0.488. The Morgan fingerprint density at radius 1 is 1.45 bits per heavy atom. The van der Waals surface area contributed by atoms with Crippen molar-refractivity contribution in [3.05, 3.63) is 39.4 Å². The molecule has 6 heteroatoms. The van der Waals surface area contributed by atoms with Crippen LogP contribution in [0.1, 0.15) is 28.8 Å². The molecule has 5 nitrogen and oxygen atoms in total. The van der Waals surface area contributed by atoms with Gasteiger partial charge in [0.2, 0.25) is 0 Å². The van der Waals surface area contributed by atoms with Gasteiger partial charge in [-0.2, -0.15) is 0 Å². The van der Waals surface area contributed by atoms with Gasteiger partial charge in [0.1, 0.15) is 5.56 Å². The summed E-state index contributed by atoms with van der Waals surface area (Å²) in [5.74, 6) is 0.361. The molecular weight excluding hydrogens is 324 g/mol. The van der Waals surface area contributed by atoms with Crippen molar-refractivity contribution in [2.75, 3.05) is 18.4 Å². The molecule has 1 saturated heterocycles. The molecule has 0 saturated carbocycles. The van der Waals surface area contributed by atoms with Gasteiger partial charge in [0.25, 0.3) is 11.6 Å². The van der Waals surface area contributed by atoms with Crippen molar-refractivity contribution >= 4 is 27.5 Å². The minimum absolute atomic E-state index is 0.108. The molecule has 1 heterocycles. The zero-order valence-corrected chi connectivity index (χ0v) is 12.9. The first-order valence-electron chi connectivity index (χ1n) is 6.63. The lowest BCUT2D eigenvalue weighted by molar-refractivity contribution is -0.385. The van der Waals surface area contributed by atoms with Gasteiger partial charge in [0.05, 0.1) is 4.92 Å². The summed E-state index contributed by atoms with van der Waals surface area (Å²) >= 11 is 3.46. The summed E-state index contributed by atoms with van der Waals surface area (Å²) in [5.41, 5.74) is 0.949. The molecule has 0 spiro atoms. The summed E-state index contributed by atoms with van der Waals surface area (Å²) in [6.07, 6.45) is 1.88. The van der Waals surface area contributed by atoms with Crippen molar-refractivity contribution < 1.29 is 9.72 Å². The van der Waals surface area contributed by atoms with Crippen LogP contribution in [-0.2, 0) is 0 Å². The number of alkyl halides is 1. The van der Waals surface area contributed by atoms with Crippen LogP contribution in [0.15, 0.2) is 18.2 Å². The second-order valence-electron chi connectivity index (χ2n) is 5.17. The number of benzene rings is 1. The molecule has 0 radical (unpaired) electrons. The van der Waals surface area contributed by atoms with Crippen molar-refractivity contribution in [1.29, 1.82) is 0 Å². The maximum atomic E-state index is 12.5. The number of nitro groups is 1. The summed E-state index contributed by atoms with van der Waals surface area (Å²) in [6, 6.07) is 4.68. The number of nitro benzene ring substituents is 1. The zero-order valence-electron chi connectivity index (χ0n) is 11.3. The summed E-state index contributed by atoms with van der Waals surface area (Å²) in [5, 5.41) is 12.0. The summed E-state index contributed by atoms with van der Waals surface area (Å²) < 4.78 is 0. The number of halogens is 1. The number of likely N-dealkylation sites (tertiary alicyclic amines) is 1. The highest BCUT2D eigenvalue weighted by Gasteiger charge is 2.27. The van der Waals surface area contributed by atoms with Gasteiger partial charge in [-0.1, -0.05) is 22.0 Å². The fourth-order valence-corrected chi connectivity index (χ4v) is 3.09. The standard InChI is InChI=1S/C14H17BrN2O3/c1-10-2-3-13(17(19)20)12(8-10)14(18)16-6-4-11(9-15)5-7-16/h2-3,8,11H,4-7,9H2,1H3. The lowest BCUT2D eigenvalue weighted by atomic mass is 9.98. The number of hydrogen-bond donors (Lipinski definition) is 0. The zero-order chi connectivity index (χ0) is 14.7. The van der Waals surface area contributed by atoms with Crippen molar-refractivity contribution in [2.24, 2.45) is 5.92 Å². The minimum Gasteiger partial charge on any atom is -0.338 e. The number of hydrogen-bond acceptors (Lipinski definition) is 3. The first-order chi connectivity index (χ1) is 9.52. The van der Waals surface area contributed by atoms with Crippen molar-refractivity contribution in [1.82, 2.24) is 4.90 Å². The molecule has 1 fully saturated rings. The van der Waals surface area contributed by atoms with E-state index in [2.05, 4.69) is 15.9 Å². The number of carbonyl (C=O) groups excluding carboxylic acids is 1. The van der Waals surface area contributed by atoms with Crippen LogP contribution in [0.2, 0.25) is 0 Å². The van der Waals surface area contributed by atoms with Crippen LogP contribution in [0.4, 0.5) is 5.69 Å². The van der Waals surface area contributed by atoms with Crippen LogP contribution in [0.5, 0.6) is 0 Å². The Balaban J connectivity index is 2.21. The molecule has 1 aromatic rings. The average Bonchev–Trinajstić information content (AvgIpc) is 2.46. The predicted molar refractivity (Wildman–Crippen MR) is 80.3 cm³/mol. The SMILES string of the molecule is Cc1ccc([N+](=O)[O-])c(C(=O)N2CCC(CBr)CC2)c1. The van der Waals surface area contributed by atoms with E-state index in [0.29, 0.717) is 19.0 Å². The van der Waals surface area contributed by atoms with Gasteiger partial charge in [0.15, 0.2) is 0 Å². The molecule has 20 heavy (non-hydrogen) atoms. The number of carbonyl (C=O) groups is 1. The van der Waals surface area contributed by atoms with Gasteiger partial charge in [0, 0.05) is 24.5 Å². The summed E-state index contributed by atoms with van der Waals surface area (Å²) in [4.78, 5) is 24.8. The first kappa shape index (κ1) is 15.0. The van der Waals surface area contributed by atoms with Crippen LogP contribution >= 0.6 is 15.9 Å². The average molecular weight is 341 g/mol. The van der Waals surface area contributed by atoms with E-state index in [1.807, 2.05) is 6.92 Å². The molecule has 0 bridgehead atoms. The molecule has 2 rings (SSSR count). The van der Waals surface area contributed by atoms with E-state index in [1.54, 1.807) is 17.0 Å². The maximum Gasteiger partial charge on any atom is 0.282 e. The molecule has 1 aliphatic heterocycles. The molecule has 1 amide bonds. The van der Waals surface area contributed by atoms with Crippen LogP contribution in [-0.4, -0.2) is 34.2 Å². The van der Waals surface area contributed by atoms with E-state index in [9.17, 15) is 14.9 Å². The maximum absolute atomic E-state index is 12.5. The lowest BCUT2D eigenvalue weighted by Crippen LogP contribution is -2.39. The van der Waals surface area contributed by atoms with Gasteiger partial charge < -0.3 is 4.90 Å². The molecule has 0 N–H and O–H groups in total. The second kappa shape index (κ2) is 6.35. The Morgan fingerprint density at radius 3 is 2.65 bits per heavy atom. The van der Waals surface area contributed by atoms with Crippen molar-refractivity contribution in [3.8, 4) is 0 Å². The Morgan fingerprint density at radius 2 is 2.10 bits per heavy atom. The Kier molecular flexibility index (Phi) is 4.75. The quantitative estimate of drug-likeness (QED) is 0.482. The lowest BCUT2D eigenvalue weighted by Gasteiger charge is -2.31. The van der Waals surface area contributed by atoms with Crippen LogP contribution in [0, 0.1) is 23.0 Å².